The minimum absolute atomic E-state index is 0.156. The highest BCUT2D eigenvalue weighted by atomic mass is 16.2. The Bertz CT molecular complexity index is 563. The molecule has 4 heterocycles. The van der Waals surface area contributed by atoms with Crippen molar-refractivity contribution >= 4 is 11.8 Å². The second-order valence-corrected chi connectivity index (χ2v) is 9.19. The molecular formula is C21H37N5O2. The molecule has 1 N–H and O–H groups in total. The number of carbonyl (C=O) groups is 2. The standard InChI is InChI=1S/C21H37N5O2/c1-2-23-8-10-24(11-9-23)7-6-22-20(27)16-25-13-17-12-18(15-25)19-4-3-5-21(28)26(19)14-17/h17-19H,2-16H2,1H3,(H,22,27)/t17?,18?,19-/m1/s1. The highest BCUT2D eigenvalue weighted by molar-refractivity contribution is 5.78. The fraction of sp³-hybridized carbons (Fsp3) is 0.905. The van der Waals surface area contributed by atoms with E-state index in [4.69, 9.17) is 0 Å². The zero-order valence-corrected chi connectivity index (χ0v) is 17.4. The van der Waals surface area contributed by atoms with Crippen LogP contribution in [-0.4, -0.2) is 109 Å². The summed E-state index contributed by atoms with van der Waals surface area (Å²) in [5, 5.41) is 3.13. The molecule has 4 aliphatic rings. The van der Waals surface area contributed by atoms with Gasteiger partial charge in [0, 0.05) is 71.4 Å². The van der Waals surface area contributed by atoms with Gasteiger partial charge >= 0.3 is 0 Å². The third-order valence-electron chi connectivity index (χ3n) is 7.28. The van der Waals surface area contributed by atoms with E-state index in [9.17, 15) is 9.59 Å². The number of piperazine rings is 1. The molecule has 2 amide bonds. The Balaban J connectivity index is 1.18. The minimum Gasteiger partial charge on any atom is -0.354 e. The van der Waals surface area contributed by atoms with Gasteiger partial charge < -0.3 is 15.1 Å². The maximum atomic E-state index is 12.5. The highest BCUT2D eigenvalue weighted by Gasteiger charge is 2.44. The van der Waals surface area contributed by atoms with Gasteiger partial charge in [-0.1, -0.05) is 6.92 Å². The molecule has 0 aromatic heterocycles. The van der Waals surface area contributed by atoms with E-state index in [0.29, 0.717) is 30.3 Å². The molecule has 28 heavy (non-hydrogen) atoms. The van der Waals surface area contributed by atoms with E-state index < -0.39 is 0 Å². The number of amides is 2. The molecule has 2 unspecified atom stereocenters. The van der Waals surface area contributed by atoms with Gasteiger partial charge in [0.25, 0.3) is 0 Å². The molecule has 4 aliphatic heterocycles. The minimum atomic E-state index is 0.156. The van der Waals surface area contributed by atoms with E-state index in [2.05, 4.69) is 31.8 Å². The number of carbonyl (C=O) groups excluding carboxylic acids is 2. The summed E-state index contributed by atoms with van der Waals surface area (Å²) < 4.78 is 0. The van der Waals surface area contributed by atoms with Gasteiger partial charge in [0.05, 0.1) is 6.54 Å². The van der Waals surface area contributed by atoms with Crippen LogP contribution >= 0.6 is 0 Å². The maximum Gasteiger partial charge on any atom is 0.234 e. The summed E-state index contributed by atoms with van der Waals surface area (Å²) in [6.45, 7) is 12.9. The van der Waals surface area contributed by atoms with Crippen LogP contribution in [0, 0.1) is 11.8 Å². The molecule has 7 heteroatoms. The SMILES string of the molecule is CCN1CCN(CCNC(=O)CN2CC3CC(C2)[C@H]2CCCC(=O)N2C3)CC1. The van der Waals surface area contributed by atoms with Crippen molar-refractivity contribution < 1.29 is 9.59 Å². The Morgan fingerprint density at radius 2 is 1.86 bits per heavy atom. The third kappa shape index (κ3) is 4.69. The number of rotatable bonds is 6. The molecule has 0 aromatic carbocycles. The van der Waals surface area contributed by atoms with Crippen LogP contribution in [0.1, 0.15) is 32.6 Å². The summed E-state index contributed by atoms with van der Waals surface area (Å²) in [4.78, 5) is 34.1. The number of likely N-dealkylation sites (tertiary alicyclic amines) is 1. The van der Waals surface area contributed by atoms with E-state index in [1.807, 2.05) is 0 Å². The van der Waals surface area contributed by atoms with Crippen molar-refractivity contribution in [2.24, 2.45) is 11.8 Å². The van der Waals surface area contributed by atoms with Gasteiger partial charge in [0.1, 0.15) is 0 Å². The number of nitrogens with zero attached hydrogens (tertiary/aromatic N) is 4. The first kappa shape index (κ1) is 20.1. The molecule has 3 atom stereocenters. The molecule has 0 aromatic rings. The Hall–Kier alpha value is -1.18. The number of hydrogen-bond donors (Lipinski definition) is 1. The summed E-state index contributed by atoms with van der Waals surface area (Å²) in [5.74, 6) is 1.61. The Morgan fingerprint density at radius 1 is 1.07 bits per heavy atom. The second-order valence-electron chi connectivity index (χ2n) is 9.19. The quantitative estimate of drug-likeness (QED) is 0.695. The van der Waals surface area contributed by atoms with Crippen LogP contribution in [-0.2, 0) is 9.59 Å². The van der Waals surface area contributed by atoms with Gasteiger partial charge in [-0.3, -0.25) is 19.4 Å². The molecule has 0 aliphatic carbocycles. The molecule has 0 radical (unpaired) electrons. The summed E-state index contributed by atoms with van der Waals surface area (Å²) in [6.07, 6.45) is 4.15. The van der Waals surface area contributed by atoms with Crippen molar-refractivity contribution in [3.8, 4) is 0 Å². The summed E-state index contributed by atoms with van der Waals surface area (Å²) in [6, 6.07) is 0.421. The molecule has 0 saturated carbocycles. The molecule has 4 rings (SSSR count). The van der Waals surface area contributed by atoms with E-state index in [1.165, 1.54) is 6.42 Å². The first-order valence-electron chi connectivity index (χ1n) is 11.4. The number of piperidine rings is 3. The molecule has 158 valence electrons. The fourth-order valence-electron chi connectivity index (χ4n) is 5.78. The van der Waals surface area contributed by atoms with Gasteiger partial charge in [0.2, 0.25) is 11.8 Å². The number of likely N-dealkylation sites (N-methyl/N-ethyl adjacent to an activating group) is 1. The van der Waals surface area contributed by atoms with Crippen molar-refractivity contribution in [2.45, 2.75) is 38.6 Å². The smallest absolute Gasteiger partial charge is 0.234 e. The van der Waals surface area contributed by atoms with Crippen LogP contribution in [0.4, 0.5) is 0 Å². The highest BCUT2D eigenvalue weighted by Crippen LogP contribution is 2.37. The van der Waals surface area contributed by atoms with Crippen molar-refractivity contribution in [3.63, 3.8) is 0 Å². The number of hydrogen-bond acceptors (Lipinski definition) is 5. The lowest BCUT2D eigenvalue weighted by molar-refractivity contribution is -0.145. The monoisotopic (exact) mass is 391 g/mol. The van der Waals surface area contributed by atoms with Gasteiger partial charge in [-0.05, 0) is 37.6 Å². The summed E-state index contributed by atoms with van der Waals surface area (Å²) >= 11 is 0. The van der Waals surface area contributed by atoms with E-state index in [0.717, 1.165) is 84.7 Å². The number of nitrogens with one attached hydrogen (secondary N) is 1. The summed E-state index contributed by atoms with van der Waals surface area (Å²) in [7, 11) is 0. The normalized spacial score (nSPS) is 32.2. The lowest BCUT2D eigenvalue weighted by Gasteiger charge is -2.52. The van der Waals surface area contributed by atoms with Crippen LogP contribution in [0.3, 0.4) is 0 Å². The predicted octanol–water partition coefficient (Wildman–Crippen LogP) is 0.0729. The average molecular weight is 392 g/mol. The van der Waals surface area contributed by atoms with Crippen LogP contribution < -0.4 is 5.32 Å². The van der Waals surface area contributed by atoms with Crippen molar-refractivity contribution in [3.05, 3.63) is 0 Å². The zero-order chi connectivity index (χ0) is 19.5. The topological polar surface area (TPSA) is 59.1 Å². The average Bonchev–Trinajstić information content (AvgIpc) is 2.69. The Kier molecular flexibility index (Phi) is 6.53. The molecule has 2 bridgehead atoms. The van der Waals surface area contributed by atoms with Crippen LogP contribution in [0.15, 0.2) is 0 Å². The Morgan fingerprint density at radius 3 is 2.64 bits per heavy atom. The van der Waals surface area contributed by atoms with Crippen molar-refractivity contribution in [1.29, 1.82) is 0 Å². The van der Waals surface area contributed by atoms with Gasteiger partial charge in [-0.25, -0.2) is 0 Å². The fourth-order valence-corrected chi connectivity index (χ4v) is 5.78. The van der Waals surface area contributed by atoms with Gasteiger partial charge in [-0.2, -0.15) is 0 Å². The van der Waals surface area contributed by atoms with Gasteiger partial charge in [0.15, 0.2) is 0 Å². The van der Waals surface area contributed by atoms with E-state index >= 15 is 0 Å². The second kappa shape index (κ2) is 9.09. The molecule has 7 nitrogen and oxygen atoms in total. The van der Waals surface area contributed by atoms with Crippen LogP contribution in [0.5, 0.6) is 0 Å². The zero-order valence-electron chi connectivity index (χ0n) is 17.4. The largest absolute Gasteiger partial charge is 0.354 e. The van der Waals surface area contributed by atoms with Crippen LogP contribution in [0.25, 0.3) is 0 Å². The maximum absolute atomic E-state index is 12.5. The first-order valence-corrected chi connectivity index (χ1v) is 11.4. The van der Waals surface area contributed by atoms with Crippen molar-refractivity contribution in [1.82, 2.24) is 24.9 Å². The molecule has 4 saturated heterocycles. The molecular weight excluding hydrogens is 354 g/mol. The molecule has 0 spiro atoms. The molecule has 4 fully saturated rings. The van der Waals surface area contributed by atoms with Gasteiger partial charge in [-0.15, -0.1) is 0 Å². The van der Waals surface area contributed by atoms with Crippen LogP contribution in [0.2, 0.25) is 0 Å². The third-order valence-corrected chi connectivity index (χ3v) is 7.28. The lowest BCUT2D eigenvalue weighted by Crippen LogP contribution is -2.61. The summed E-state index contributed by atoms with van der Waals surface area (Å²) in [5.41, 5.74) is 0. The van der Waals surface area contributed by atoms with E-state index in [-0.39, 0.29) is 5.91 Å². The van der Waals surface area contributed by atoms with Crippen molar-refractivity contribution in [2.75, 3.05) is 72.0 Å². The first-order chi connectivity index (χ1) is 13.6. The number of fused-ring (bicyclic) bond motifs is 4. The predicted molar refractivity (Wildman–Crippen MR) is 109 cm³/mol. The lowest BCUT2D eigenvalue weighted by atomic mass is 9.76. The Labute approximate surface area is 169 Å². The van der Waals surface area contributed by atoms with E-state index in [1.54, 1.807) is 0 Å².